The van der Waals surface area contributed by atoms with Gasteiger partial charge in [0, 0.05) is 26.2 Å². The molecule has 2 heterocycles. The zero-order chi connectivity index (χ0) is 13.2. The molecule has 100 valence electrons. The Labute approximate surface area is 112 Å². The minimum absolute atomic E-state index is 0.582. The van der Waals surface area contributed by atoms with Gasteiger partial charge in [0.15, 0.2) is 0 Å². The normalized spacial score (nSPS) is 17.0. The summed E-state index contributed by atoms with van der Waals surface area (Å²) in [6.45, 7) is 3.94. The number of piperazine rings is 1. The van der Waals surface area contributed by atoms with Gasteiger partial charge in [-0.15, -0.1) is 0 Å². The number of para-hydroxylation sites is 2. The second kappa shape index (κ2) is 5.01. The Balaban J connectivity index is 1.68. The van der Waals surface area contributed by atoms with Crippen LogP contribution < -0.4 is 0 Å². The van der Waals surface area contributed by atoms with Gasteiger partial charge in [0.1, 0.15) is 11.7 Å². The van der Waals surface area contributed by atoms with Crippen molar-refractivity contribution in [3.63, 3.8) is 0 Å². The van der Waals surface area contributed by atoms with Crippen LogP contribution in [0, 0.1) is 5.41 Å². The molecule has 0 saturated carbocycles. The molecule has 0 amide bonds. The topological polar surface area (TPSA) is 59.0 Å². The molecule has 3 rings (SSSR count). The van der Waals surface area contributed by atoms with Gasteiger partial charge in [-0.3, -0.25) is 5.41 Å². The largest absolute Gasteiger partial charge is 0.358 e. The lowest BCUT2D eigenvalue weighted by atomic mass is 10.2. The van der Waals surface area contributed by atoms with E-state index in [1.165, 1.54) is 0 Å². The number of fused-ring (bicyclic) bond motifs is 1. The van der Waals surface area contributed by atoms with Crippen molar-refractivity contribution in [1.29, 1.82) is 5.41 Å². The van der Waals surface area contributed by atoms with Crippen molar-refractivity contribution < 1.29 is 0 Å². The molecule has 1 aliphatic rings. The number of aromatic amines is 1. The average molecular weight is 257 g/mol. The van der Waals surface area contributed by atoms with Gasteiger partial charge in [-0.05, 0) is 19.2 Å². The van der Waals surface area contributed by atoms with E-state index in [-0.39, 0.29) is 0 Å². The van der Waals surface area contributed by atoms with Crippen molar-refractivity contribution in [1.82, 2.24) is 19.8 Å². The van der Waals surface area contributed by atoms with E-state index in [2.05, 4.69) is 26.8 Å². The second-order valence-corrected chi connectivity index (χ2v) is 5.11. The van der Waals surface area contributed by atoms with Crippen LogP contribution in [0.25, 0.3) is 11.0 Å². The number of nitrogens with one attached hydrogen (secondary N) is 2. The molecule has 0 unspecified atom stereocenters. The summed E-state index contributed by atoms with van der Waals surface area (Å²) in [7, 11) is 2.13. The molecule has 0 aliphatic carbocycles. The van der Waals surface area contributed by atoms with Gasteiger partial charge in [-0.1, -0.05) is 12.1 Å². The van der Waals surface area contributed by atoms with Gasteiger partial charge >= 0.3 is 0 Å². The number of amidine groups is 1. The maximum absolute atomic E-state index is 8.21. The number of aromatic nitrogens is 2. The Kier molecular flexibility index (Phi) is 3.21. The maximum atomic E-state index is 8.21. The monoisotopic (exact) mass is 257 g/mol. The minimum atomic E-state index is 0.582. The zero-order valence-corrected chi connectivity index (χ0v) is 11.2. The number of imidazole rings is 1. The quantitative estimate of drug-likeness (QED) is 0.630. The Hall–Kier alpha value is -1.88. The molecule has 5 nitrogen and oxygen atoms in total. The summed E-state index contributed by atoms with van der Waals surface area (Å²) in [6.07, 6.45) is 0.582. The summed E-state index contributed by atoms with van der Waals surface area (Å²) in [5.74, 6) is 1.54. The van der Waals surface area contributed by atoms with E-state index in [1.807, 2.05) is 24.3 Å². The smallest absolute Gasteiger partial charge is 0.114 e. The number of H-pyrrole nitrogens is 1. The van der Waals surface area contributed by atoms with Gasteiger partial charge in [0.25, 0.3) is 0 Å². The Morgan fingerprint density at radius 1 is 1.26 bits per heavy atom. The van der Waals surface area contributed by atoms with Crippen LogP contribution >= 0.6 is 0 Å². The van der Waals surface area contributed by atoms with Crippen molar-refractivity contribution in [2.24, 2.45) is 0 Å². The standard InChI is InChI=1S/C14H19N5/c1-18-6-8-19(9-7-18)13(15)10-14-16-11-4-2-3-5-12(11)17-14/h2-5,15H,6-10H2,1H3,(H,16,17). The lowest BCUT2D eigenvalue weighted by Crippen LogP contribution is -2.47. The lowest BCUT2D eigenvalue weighted by molar-refractivity contribution is 0.213. The first-order chi connectivity index (χ1) is 9.22. The highest BCUT2D eigenvalue weighted by atomic mass is 15.3. The molecule has 5 heteroatoms. The molecule has 1 aliphatic heterocycles. The van der Waals surface area contributed by atoms with Crippen molar-refractivity contribution in [2.45, 2.75) is 6.42 Å². The maximum Gasteiger partial charge on any atom is 0.114 e. The van der Waals surface area contributed by atoms with Gasteiger partial charge in [-0.2, -0.15) is 0 Å². The SMILES string of the molecule is CN1CCN(C(=N)Cc2nc3ccccc3[nH]2)CC1. The molecular formula is C14H19N5. The number of hydrogen-bond donors (Lipinski definition) is 2. The predicted molar refractivity (Wildman–Crippen MR) is 76.6 cm³/mol. The molecule has 2 N–H and O–H groups in total. The van der Waals surface area contributed by atoms with Crippen molar-refractivity contribution in [3.8, 4) is 0 Å². The third-order valence-corrected chi connectivity index (χ3v) is 3.66. The molecule has 0 radical (unpaired) electrons. The number of hydrogen-bond acceptors (Lipinski definition) is 3. The van der Waals surface area contributed by atoms with E-state index in [0.717, 1.165) is 43.0 Å². The molecule has 1 aromatic heterocycles. The molecule has 1 aromatic carbocycles. The number of likely N-dealkylation sites (N-methyl/N-ethyl adjacent to an activating group) is 1. The molecule has 0 atom stereocenters. The van der Waals surface area contributed by atoms with E-state index in [9.17, 15) is 0 Å². The van der Waals surface area contributed by atoms with Crippen LogP contribution in [0.3, 0.4) is 0 Å². The van der Waals surface area contributed by atoms with Gasteiger partial charge in [-0.25, -0.2) is 4.98 Å². The van der Waals surface area contributed by atoms with Crippen molar-refractivity contribution in [2.75, 3.05) is 33.2 Å². The highest BCUT2D eigenvalue weighted by molar-refractivity contribution is 5.82. The second-order valence-electron chi connectivity index (χ2n) is 5.11. The van der Waals surface area contributed by atoms with Crippen LogP contribution in [-0.4, -0.2) is 58.8 Å². The van der Waals surface area contributed by atoms with E-state index < -0.39 is 0 Å². The van der Waals surface area contributed by atoms with Crippen LogP contribution in [-0.2, 0) is 6.42 Å². The first kappa shape index (κ1) is 12.2. The van der Waals surface area contributed by atoms with Crippen molar-refractivity contribution in [3.05, 3.63) is 30.1 Å². The van der Waals surface area contributed by atoms with E-state index in [0.29, 0.717) is 12.3 Å². The minimum Gasteiger partial charge on any atom is -0.358 e. The van der Waals surface area contributed by atoms with Crippen molar-refractivity contribution >= 4 is 16.9 Å². The molecule has 0 spiro atoms. The fourth-order valence-electron chi connectivity index (χ4n) is 2.44. The van der Waals surface area contributed by atoms with Gasteiger partial charge < -0.3 is 14.8 Å². The van der Waals surface area contributed by atoms with Crippen LogP contribution in [0.1, 0.15) is 5.82 Å². The summed E-state index contributed by atoms with van der Waals surface area (Å²) in [5, 5.41) is 8.21. The predicted octanol–water partition coefficient (Wildman–Crippen LogP) is 1.33. The van der Waals surface area contributed by atoms with Gasteiger partial charge in [0.2, 0.25) is 0 Å². The first-order valence-electron chi connectivity index (χ1n) is 6.67. The molecule has 0 bridgehead atoms. The van der Waals surface area contributed by atoms with Crippen LogP contribution in [0.2, 0.25) is 0 Å². The van der Waals surface area contributed by atoms with Crippen LogP contribution in [0.15, 0.2) is 24.3 Å². The fourth-order valence-corrected chi connectivity index (χ4v) is 2.44. The fraction of sp³-hybridized carbons (Fsp3) is 0.429. The summed E-state index contributed by atoms with van der Waals surface area (Å²) in [5.41, 5.74) is 2.02. The van der Waals surface area contributed by atoms with E-state index in [1.54, 1.807) is 0 Å². The summed E-state index contributed by atoms with van der Waals surface area (Å²) < 4.78 is 0. The summed E-state index contributed by atoms with van der Waals surface area (Å²) in [6, 6.07) is 7.99. The van der Waals surface area contributed by atoms with Crippen LogP contribution in [0.4, 0.5) is 0 Å². The summed E-state index contributed by atoms with van der Waals surface area (Å²) in [4.78, 5) is 12.3. The third kappa shape index (κ3) is 2.61. The lowest BCUT2D eigenvalue weighted by Gasteiger charge is -2.33. The third-order valence-electron chi connectivity index (χ3n) is 3.66. The van der Waals surface area contributed by atoms with E-state index in [4.69, 9.17) is 5.41 Å². The number of benzene rings is 1. The Bertz CT molecular complexity index is 547. The Morgan fingerprint density at radius 2 is 2.00 bits per heavy atom. The zero-order valence-electron chi connectivity index (χ0n) is 11.2. The molecular weight excluding hydrogens is 238 g/mol. The molecule has 1 saturated heterocycles. The van der Waals surface area contributed by atoms with E-state index >= 15 is 0 Å². The highest BCUT2D eigenvalue weighted by Crippen LogP contribution is 2.11. The molecule has 2 aromatic rings. The summed E-state index contributed by atoms with van der Waals surface area (Å²) >= 11 is 0. The van der Waals surface area contributed by atoms with Gasteiger partial charge in [0.05, 0.1) is 17.5 Å². The first-order valence-corrected chi connectivity index (χ1v) is 6.67. The number of nitrogens with zero attached hydrogens (tertiary/aromatic N) is 3. The number of rotatable bonds is 2. The highest BCUT2D eigenvalue weighted by Gasteiger charge is 2.17. The molecule has 1 fully saturated rings. The Morgan fingerprint density at radius 3 is 2.74 bits per heavy atom. The average Bonchev–Trinajstić information content (AvgIpc) is 2.81. The van der Waals surface area contributed by atoms with Crippen LogP contribution in [0.5, 0.6) is 0 Å². The molecule has 19 heavy (non-hydrogen) atoms.